The van der Waals surface area contributed by atoms with Crippen molar-refractivity contribution in [2.24, 2.45) is 0 Å². The van der Waals surface area contributed by atoms with Crippen LogP contribution in [0.5, 0.6) is 0 Å². The van der Waals surface area contributed by atoms with Crippen LogP contribution in [0.2, 0.25) is 15.1 Å². The van der Waals surface area contributed by atoms with Crippen molar-refractivity contribution in [3.05, 3.63) is 98.1 Å². The largest absolute Gasteiger partial charge is 0.368 e. The Morgan fingerprint density at radius 3 is 2.57 bits per heavy atom. The summed E-state index contributed by atoms with van der Waals surface area (Å²) in [4.78, 5) is 4.09. The zero-order valence-corrected chi connectivity index (χ0v) is 17.8. The van der Waals surface area contributed by atoms with Crippen molar-refractivity contribution < 1.29 is 4.74 Å². The lowest BCUT2D eigenvalue weighted by molar-refractivity contribution is 0.0407. The number of thiophene rings is 1. The summed E-state index contributed by atoms with van der Waals surface area (Å²) < 4.78 is 7.44. The van der Waals surface area contributed by atoms with Crippen LogP contribution in [-0.4, -0.2) is 4.98 Å². The van der Waals surface area contributed by atoms with Gasteiger partial charge in [0.05, 0.1) is 22.4 Å². The zero-order valence-electron chi connectivity index (χ0n) is 14.7. The van der Waals surface area contributed by atoms with Crippen LogP contribution in [-0.2, 0) is 17.8 Å². The van der Waals surface area contributed by atoms with Crippen molar-refractivity contribution >= 4 is 56.2 Å². The van der Waals surface area contributed by atoms with Crippen molar-refractivity contribution in [1.29, 1.82) is 0 Å². The quantitative estimate of drug-likeness (QED) is 0.301. The zero-order chi connectivity index (χ0) is 19.5. The summed E-state index contributed by atoms with van der Waals surface area (Å²) in [5.74, 6) is 0. The fourth-order valence-electron chi connectivity index (χ4n) is 3.13. The monoisotopic (exact) mass is 447 g/mol. The number of rotatable bonds is 6. The van der Waals surface area contributed by atoms with Crippen LogP contribution >= 0.6 is 46.1 Å². The Labute approximate surface area is 182 Å². The fourth-order valence-corrected chi connectivity index (χ4v) is 4.93. The molecule has 6 heteroatoms. The first-order valence-electron chi connectivity index (χ1n) is 8.72. The second-order valence-corrected chi connectivity index (χ2v) is 8.53. The minimum absolute atomic E-state index is 0.207. The van der Waals surface area contributed by atoms with Crippen molar-refractivity contribution in [2.45, 2.75) is 19.1 Å². The number of nitrogens with zero attached hydrogens (tertiary/aromatic N) is 1. The van der Waals surface area contributed by atoms with Crippen molar-refractivity contribution in [3.63, 3.8) is 0 Å². The third kappa shape index (κ3) is 4.35. The Balaban J connectivity index is 1.62. The second kappa shape index (κ2) is 8.81. The number of pyridine rings is 1. The van der Waals surface area contributed by atoms with Crippen LogP contribution in [0, 0.1) is 0 Å². The number of aromatic nitrogens is 1. The van der Waals surface area contributed by atoms with E-state index in [1.165, 1.54) is 0 Å². The van der Waals surface area contributed by atoms with Gasteiger partial charge in [-0.3, -0.25) is 4.98 Å². The van der Waals surface area contributed by atoms with E-state index in [1.807, 2.05) is 36.4 Å². The van der Waals surface area contributed by atoms with E-state index >= 15 is 0 Å². The minimum Gasteiger partial charge on any atom is -0.368 e. The standard InChI is InChI=1S/C22H16Cl3NOS/c23-16-4-5-18(20(25)11-16)21(10-14-6-8-26-9-7-14)27-12-15-13-28-22-17(15)2-1-3-19(22)24/h1-9,11,13,21H,10,12H2/t21-/m0/s1. The molecule has 4 rings (SSSR count). The Morgan fingerprint density at radius 1 is 0.964 bits per heavy atom. The molecule has 0 aliphatic heterocycles. The van der Waals surface area contributed by atoms with E-state index in [0.717, 1.165) is 31.8 Å². The van der Waals surface area contributed by atoms with Gasteiger partial charge in [0, 0.05) is 28.9 Å². The Hall–Kier alpha value is -1.62. The molecule has 0 spiro atoms. The van der Waals surface area contributed by atoms with Crippen molar-refractivity contribution in [2.75, 3.05) is 0 Å². The van der Waals surface area contributed by atoms with Gasteiger partial charge in [-0.2, -0.15) is 0 Å². The normalized spacial score (nSPS) is 12.4. The topological polar surface area (TPSA) is 22.1 Å². The maximum Gasteiger partial charge on any atom is 0.0884 e. The second-order valence-electron chi connectivity index (χ2n) is 6.40. The van der Waals surface area contributed by atoms with Crippen LogP contribution in [0.3, 0.4) is 0 Å². The lowest BCUT2D eigenvalue weighted by Crippen LogP contribution is -2.09. The number of halogens is 3. The molecule has 142 valence electrons. The Kier molecular flexibility index (Phi) is 6.19. The van der Waals surface area contributed by atoms with E-state index in [9.17, 15) is 0 Å². The molecule has 0 aliphatic carbocycles. The van der Waals surface area contributed by atoms with Crippen LogP contribution in [0.25, 0.3) is 10.1 Å². The van der Waals surface area contributed by atoms with Gasteiger partial charge in [0.1, 0.15) is 0 Å². The van der Waals surface area contributed by atoms with E-state index in [-0.39, 0.29) is 6.10 Å². The molecule has 0 saturated carbocycles. The summed E-state index contributed by atoms with van der Waals surface area (Å²) >= 11 is 20.5. The van der Waals surface area contributed by atoms with Gasteiger partial charge in [-0.1, -0.05) is 53.0 Å². The molecule has 0 bridgehead atoms. The highest BCUT2D eigenvalue weighted by molar-refractivity contribution is 7.18. The lowest BCUT2D eigenvalue weighted by Gasteiger charge is -2.20. The molecule has 0 saturated heterocycles. The van der Waals surface area contributed by atoms with Crippen LogP contribution in [0.15, 0.2) is 66.3 Å². The summed E-state index contributed by atoms with van der Waals surface area (Å²) in [7, 11) is 0. The molecule has 4 aromatic rings. The van der Waals surface area contributed by atoms with Crippen molar-refractivity contribution in [1.82, 2.24) is 4.98 Å². The predicted molar refractivity (Wildman–Crippen MR) is 119 cm³/mol. The first-order valence-corrected chi connectivity index (χ1v) is 10.7. The van der Waals surface area contributed by atoms with E-state index in [2.05, 4.69) is 16.4 Å². The van der Waals surface area contributed by atoms with Gasteiger partial charge in [0.2, 0.25) is 0 Å². The average Bonchev–Trinajstić information content (AvgIpc) is 3.11. The highest BCUT2D eigenvalue weighted by Crippen LogP contribution is 2.35. The third-order valence-corrected chi connectivity index (χ3v) is 6.62. The molecule has 0 unspecified atom stereocenters. The third-order valence-electron chi connectivity index (χ3n) is 4.55. The summed E-state index contributed by atoms with van der Waals surface area (Å²) in [6, 6.07) is 15.4. The predicted octanol–water partition coefficient (Wildman–Crippen LogP) is 7.76. The number of fused-ring (bicyclic) bond motifs is 1. The average molecular weight is 449 g/mol. The molecule has 0 aliphatic rings. The van der Waals surface area contributed by atoms with Crippen LogP contribution in [0.4, 0.5) is 0 Å². The fraction of sp³-hybridized carbons (Fsp3) is 0.136. The maximum absolute atomic E-state index is 6.47. The van der Waals surface area contributed by atoms with E-state index in [0.29, 0.717) is 23.1 Å². The van der Waals surface area contributed by atoms with Crippen molar-refractivity contribution in [3.8, 4) is 0 Å². The molecular formula is C22H16Cl3NOS. The van der Waals surface area contributed by atoms with Gasteiger partial charge in [-0.15, -0.1) is 11.3 Å². The molecule has 0 fully saturated rings. The molecule has 2 aromatic heterocycles. The molecule has 2 aromatic carbocycles. The van der Waals surface area contributed by atoms with Crippen LogP contribution in [0.1, 0.15) is 22.8 Å². The van der Waals surface area contributed by atoms with Gasteiger partial charge >= 0.3 is 0 Å². The van der Waals surface area contributed by atoms with Gasteiger partial charge in [0.25, 0.3) is 0 Å². The summed E-state index contributed by atoms with van der Waals surface area (Å²) in [6.45, 7) is 0.467. The highest BCUT2D eigenvalue weighted by Gasteiger charge is 2.18. The Bertz CT molecular complexity index is 1100. The molecular weight excluding hydrogens is 433 g/mol. The SMILES string of the molecule is Clc1ccc([C@H](Cc2ccncc2)OCc2csc3c(Cl)cccc23)c(Cl)c1. The molecule has 0 radical (unpaired) electrons. The Morgan fingerprint density at radius 2 is 1.79 bits per heavy atom. The molecule has 2 nitrogen and oxygen atoms in total. The number of hydrogen-bond donors (Lipinski definition) is 0. The number of ether oxygens (including phenoxy) is 1. The van der Waals surface area contributed by atoms with Gasteiger partial charge in [0.15, 0.2) is 0 Å². The summed E-state index contributed by atoms with van der Waals surface area (Å²) in [5.41, 5.74) is 3.16. The number of hydrogen-bond acceptors (Lipinski definition) is 3. The molecule has 0 amide bonds. The van der Waals surface area contributed by atoms with Gasteiger partial charge in [-0.05, 0) is 57.8 Å². The van der Waals surface area contributed by atoms with Gasteiger partial charge in [-0.25, -0.2) is 0 Å². The van der Waals surface area contributed by atoms with E-state index in [4.69, 9.17) is 39.5 Å². The summed E-state index contributed by atoms with van der Waals surface area (Å²) in [6.07, 6.45) is 4.04. The van der Waals surface area contributed by atoms with Gasteiger partial charge < -0.3 is 4.74 Å². The van der Waals surface area contributed by atoms with E-state index in [1.54, 1.807) is 29.8 Å². The molecule has 0 N–H and O–H groups in total. The smallest absolute Gasteiger partial charge is 0.0884 e. The summed E-state index contributed by atoms with van der Waals surface area (Å²) in [5, 5.41) is 5.20. The molecule has 1 atom stereocenters. The highest BCUT2D eigenvalue weighted by atomic mass is 35.5. The van der Waals surface area contributed by atoms with Crippen LogP contribution < -0.4 is 0 Å². The first-order chi connectivity index (χ1) is 13.6. The lowest BCUT2D eigenvalue weighted by atomic mass is 10.0. The molecule has 2 heterocycles. The van der Waals surface area contributed by atoms with E-state index < -0.39 is 0 Å². The first kappa shape index (κ1) is 19.7. The molecule has 28 heavy (non-hydrogen) atoms. The maximum atomic E-state index is 6.47. The minimum atomic E-state index is -0.207. The number of benzene rings is 2.